The quantitative estimate of drug-likeness (QED) is 0.640. The van der Waals surface area contributed by atoms with Crippen molar-refractivity contribution >= 4 is 22.6 Å². The summed E-state index contributed by atoms with van der Waals surface area (Å²) < 4.78 is 5.84. The molecule has 0 radical (unpaired) electrons. The van der Waals surface area contributed by atoms with E-state index in [-0.39, 0.29) is 5.91 Å². The van der Waals surface area contributed by atoms with E-state index in [2.05, 4.69) is 15.1 Å². The highest BCUT2D eigenvalue weighted by atomic mass is 16.5. The number of benzene rings is 2. The molecule has 1 saturated carbocycles. The number of para-hydroxylation sites is 2. The Kier molecular flexibility index (Phi) is 5.71. The van der Waals surface area contributed by atoms with Gasteiger partial charge in [0.05, 0.1) is 11.1 Å². The smallest absolute Gasteiger partial charge is 0.252 e. The van der Waals surface area contributed by atoms with Crippen LogP contribution in [0.1, 0.15) is 23.2 Å². The second-order valence-corrected chi connectivity index (χ2v) is 8.28. The van der Waals surface area contributed by atoms with Crippen LogP contribution in [0, 0.1) is 0 Å². The van der Waals surface area contributed by atoms with Crippen LogP contribution in [0.5, 0.6) is 5.75 Å². The van der Waals surface area contributed by atoms with Crippen molar-refractivity contribution in [1.82, 2.24) is 15.2 Å². The van der Waals surface area contributed by atoms with Gasteiger partial charge in [-0.05, 0) is 37.1 Å². The second kappa shape index (κ2) is 8.94. The summed E-state index contributed by atoms with van der Waals surface area (Å²) in [6, 6.07) is 20.2. The minimum atomic E-state index is 0.0130. The molecule has 6 heteroatoms. The Morgan fingerprint density at radius 3 is 2.52 bits per heavy atom. The number of carbonyl (C=O) groups is 1. The summed E-state index contributed by atoms with van der Waals surface area (Å²) in [6.07, 6.45) is 2.16. The van der Waals surface area contributed by atoms with E-state index in [4.69, 9.17) is 9.72 Å². The molecule has 6 nitrogen and oxygen atoms in total. The average Bonchev–Trinajstić information content (AvgIpc) is 3.63. The van der Waals surface area contributed by atoms with Crippen molar-refractivity contribution in [2.45, 2.75) is 18.9 Å². The molecule has 1 aliphatic heterocycles. The first-order chi connectivity index (χ1) is 15.3. The van der Waals surface area contributed by atoms with Gasteiger partial charge in [0.25, 0.3) is 5.91 Å². The van der Waals surface area contributed by atoms with E-state index in [0.717, 1.165) is 73.6 Å². The van der Waals surface area contributed by atoms with Crippen LogP contribution in [-0.4, -0.2) is 61.2 Å². The van der Waals surface area contributed by atoms with Crippen LogP contribution >= 0.6 is 0 Å². The molecule has 1 aromatic heterocycles. The fourth-order valence-corrected chi connectivity index (χ4v) is 4.01. The molecule has 0 spiro atoms. The highest BCUT2D eigenvalue weighted by Gasteiger charge is 2.26. The Hall–Kier alpha value is -3.12. The molecule has 160 valence electrons. The lowest BCUT2D eigenvalue weighted by atomic mass is 10.1. The fourth-order valence-electron chi connectivity index (χ4n) is 4.01. The molecule has 1 amide bonds. The monoisotopic (exact) mass is 416 g/mol. The summed E-state index contributed by atoms with van der Waals surface area (Å²) in [5, 5.41) is 4.05. The van der Waals surface area contributed by atoms with Gasteiger partial charge in [-0.3, -0.25) is 9.69 Å². The van der Waals surface area contributed by atoms with E-state index < -0.39 is 0 Å². The van der Waals surface area contributed by atoms with Crippen LogP contribution in [0.2, 0.25) is 0 Å². The first-order valence-corrected chi connectivity index (χ1v) is 11.1. The van der Waals surface area contributed by atoms with Crippen molar-refractivity contribution in [1.29, 1.82) is 0 Å². The highest BCUT2D eigenvalue weighted by Crippen LogP contribution is 2.26. The van der Waals surface area contributed by atoms with Crippen molar-refractivity contribution < 1.29 is 9.53 Å². The van der Waals surface area contributed by atoms with Gasteiger partial charge in [0.15, 0.2) is 0 Å². The Labute approximate surface area is 182 Å². The van der Waals surface area contributed by atoms with Crippen molar-refractivity contribution in [3.05, 3.63) is 66.2 Å². The third-order valence-electron chi connectivity index (χ3n) is 5.98. The summed E-state index contributed by atoms with van der Waals surface area (Å²) in [5.41, 5.74) is 1.60. The number of amides is 1. The second-order valence-electron chi connectivity index (χ2n) is 8.28. The van der Waals surface area contributed by atoms with Crippen LogP contribution < -0.4 is 15.0 Å². The summed E-state index contributed by atoms with van der Waals surface area (Å²) in [5.74, 6) is 1.82. The number of nitrogens with one attached hydrogen (secondary N) is 1. The van der Waals surface area contributed by atoms with Crippen LogP contribution in [0.4, 0.5) is 5.82 Å². The number of fused-ring (bicyclic) bond motifs is 1. The SMILES string of the molecule is O=C(NC1CC1)c1cc(N2CCN(CCOc3ccccc3)CC2)nc2ccccc12. The number of nitrogens with zero attached hydrogens (tertiary/aromatic N) is 3. The van der Waals surface area contributed by atoms with Crippen LogP contribution in [0.25, 0.3) is 10.9 Å². The number of rotatable bonds is 7. The molecule has 1 N–H and O–H groups in total. The minimum Gasteiger partial charge on any atom is -0.492 e. The number of pyridine rings is 1. The Bertz CT molecular complexity index is 1040. The third kappa shape index (κ3) is 4.80. The van der Waals surface area contributed by atoms with Gasteiger partial charge in [0.1, 0.15) is 18.2 Å². The van der Waals surface area contributed by atoms with Gasteiger partial charge in [0.2, 0.25) is 0 Å². The van der Waals surface area contributed by atoms with Crippen LogP contribution in [-0.2, 0) is 0 Å². The van der Waals surface area contributed by atoms with Crippen LogP contribution in [0.3, 0.4) is 0 Å². The summed E-state index contributed by atoms with van der Waals surface area (Å²) >= 11 is 0. The largest absolute Gasteiger partial charge is 0.492 e. The van der Waals surface area contributed by atoms with Crippen LogP contribution in [0.15, 0.2) is 60.7 Å². The molecular weight excluding hydrogens is 388 g/mol. The maximum atomic E-state index is 12.9. The van der Waals surface area contributed by atoms with E-state index >= 15 is 0 Å². The number of piperazine rings is 1. The summed E-state index contributed by atoms with van der Waals surface area (Å²) in [6.45, 7) is 5.28. The molecular formula is C25H28N4O2. The van der Waals surface area contributed by atoms with Gasteiger partial charge in [-0.1, -0.05) is 36.4 Å². The normalized spacial score (nSPS) is 17.0. The molecule has 0 bridgehead atoms. The van der Waals surface area contributed by atoms with Gasteiger partial charge in [-0.25, -0.2) is 4.98 Å². The highest BCUT2D eigenvalue weighted by molar-refractivity contribution is 6.07. The summed E-state index contributed by atoms with van der Waals surface area (Å²) in [7, 11) is 0. The predicted octanol–water partition coefficient (Wildman–Crippen LogP) is 3.33. The zero-order valence-electron chi connectivity index (χ0n) is 17.7. The molecule has 2 aromatic carbocycles. The molecule has 2 fully saturated rings. The van der Waals surface area contributed by atoms with Gasteiger partial charge in [-0.15, -0.1) is 0 Å². The Balaban J connectivity index is 1.23. The predicted molar refractivity (Wildman–Crippen MR) is 123 cm³/mol. The molecule has 0 unspecified atom stereocenters. The van der Waals surface area contributed by atoms with Gasteiger partial charge in [-0.2, -0.15) is 0 Å². The Morgan fingerprint density at radius 2 is 1.74 bits per heavy atom. The lowest BCUT2D eigenvalue weighted by molar-refractivity contribution is 0.0952. The zero-order chi connectivity index (χ0) is 21.0. The standard InChI is InChI=1S/C25H28N4O2/c30-25(26-19-10-11-19)22-18-24(27-23-9-5-4-8-21(22)23)29-14-12-28(13-15-29)16-17-31-20-6-2-1-3-7-20/h1-9,18-19H,10-17H2,(H,26,30). The van der Waals surface area contributed by atoms with Gasteiger partial charge in [0, 0.05) is 44.2 Å². The maximum Gasteiger partial charge on any atom is 0.252 e. The zero-order valence-corrected chi connectivity index (χ0v) is 17.7. The number of ether oxygens (including phenoxy) is 1. The molecule has 0 atom stereocenters. The maximum absolute atomic E-state index is 12.9. The van der Waals surface area contributed by atoms with E-state index in [1.165, 1.54) is 0 Å². The number of carbonyl (C=O) groups excluding carboxylic acids is 1. The topological polar surface area (TPSA) is 57.7 Å². The number of aromatic nitrogens is 1. The Morgan fingerprint density at radius 1 is 1.00 bits per heavy atom. The minimum absolute atomic E-state index is 0.0130. The molecule has 31 heavy (non-hydrogen) atoms. The molecule has 5 rings (SSSR count). The van der Waals surface area contributed by atoms with E-state index in [1.807, 2.05) is 60.7 Å². The molecule has 2 aliphatic rings. The van der Waals surface area contributed by atoms with Crippen molar-refractivity contribution in [2.24, 2.45) is 0 Å². The first kappa shape index (κ1) is 19.8. The lowest BCUT2D eigenvalue weighted by Crippen LogP contribution is -2.47. The molecule has 2 heterocycles. The average molecular weight is 417 g/mol. The van der Waals surface area contributed by atoms with E-state index in [9.17, 15) is 4.79 Å². The third-order valence-corrected chi connectivity index (χ3v) is 5.98. The van der Waals surface area contributed by atoms with Gasteiger partial charge >= 0.3 is 0 Å². The first-order valence-electron chi connectivity index (χ1n) is 11.1. The van der Waals surface area contributed by atoms with E-state index in [0.29, 0.717) is 12.6 Å². The van der Waals surface area contributed by atoms with Crippen molar-refractivity contribution in [3.8, 4) is 5.75 Å². The van der Waals surface area contributed by atoms with Crippen molar-refractivity contribution in [3.63, 3.8) is 0 Å². The number of hydrogen-bond donors (Lipinski definition) is 1. The molecule has 3 aromatic rings. The van der Waals surface area contributed by atoms with Gasteiger partial charge < -0.3 is 15.0 Å². The molecule has 1 aliphatic carbocycles. The lowest BCUT2D eigenvalue weighted by Gasteiger charge is -2.35. The summed E-state index contributed by atoms with van der Waals surface area (Å²) in [4.78, 5) is 22.4. The molecule has 1 saturated heterocycles. The number of anilines is 1. The van der Waals surface area contributed by atoms with E-state index in [1.54, 1.807) is 0 Å². The number of hydrogen-bond acceptors (Lipinski definition) is 5. The fraction of sp³-hybridized carbons (Fsp3) is 0.360. The van der Waals surface area contributed by atoms with Crippen molar-refractivity contribution in [2.75, 3.05) is 44.2 Å².